The number of aromatic nitrogens is 1. The van der Waals surface area contributed by atoms with E-state index in [4.69, 9.17) is 22.1 Å². The summed E-state index contributed by atoms with van der Waals surface area (Å²) in [6.07, 6.45) is 2.13. The molecule has 1 aliphatic heterocycles. The van der Waals surface area contributed by atoms with Gasteiger partial charge in [-0.2, -0.15) is 0 Å². The first kappa shape index (κ1) is 15.5. The van der Waals surface area contributed by atoms with Gasteiger partial charge in [-0.25, -0.2) is 4.98 Å². The summed E-state index contributed by atoms with van der Waals surface area (Å²) in [5.41, 5.74) is 4.58. The lowest BCUT2D eigenvalue weighted by atomic mass is 9.79. The molecule has 0 aliphatic carbocycles. The number of halogens is 1. The lowest BCUT2D eigenvalue weighted by Crippen LogP contribution is -2.46. The summed E-state index contributed by atoms with van der Waals surface area (Å²) in [6.45, 7) is 1.19. The predicted octanol–water partition coefficient (Wildman–Crippen LogP) is 1.34. The standard InChI is InChI=1S/C12H15ClN4O4/c13-9-5-8(17(19)20)6-15-10(9)16-7-12(11(14)18)1-3-21-4-2-12/h5-6H,1-4,7H2,(H2,14,18)(H,15,16). The number of carbonyl (C=O) groups is 1. The first-order chi connectivity index (χ1) is 9.94. The van der Waals surface area contributed by atoms with Gasteiger partial charge in [0.2, 0.25) is 5.91 Å². The zero-order valence-corrected chi connectivity index (χ0v) is 11.9. The fourth-order valence-corrected chi connectivity index (χ4v) is 2.41. The largest absolute Gasteiger partial charge is 0.381 e. The molecule has 0 spiro atoms. The van der Waals surface area contributed by atoms with Gasteiger partial charge in [0.25, 0.3) is 5.69 Å². The number of nitro groups is 1. The number of nitrogens with two attached hydrogens (primary N) is 1. The van der Waals surface area contributed by atoms with Crippen LogP contribution in [0.25, 0.3) is 0 Å². The second kappa shape index (κ2) is 6.23. The Morgan fingerprint density at radius 1 is 1.57 bits per heavy atom. The normalized spacial score (nSPS) is 17.2. The molecular formula is C12H15ClN4O4. The van der Waals surface area contributed by atoms with Crippen LogP contribution in [0.2, 0.25) is 5.02 Å². The van der Waals surface area contributed by atoms with Gasteiger partial charge < -0.3 is 15.8 Å². The van der Waals surface area contributed by atoms with Gasteiger partial charge in [-0.1, -0.05) is 11.6 Å². The molecule has 114 valence electrons. The molecule has 3 N–H and O–H groups in total. The smallest absolute Gasteiger partial charge is 0.289 e. The molecule has 0 unspecified atom stereocenters. The zero-order valence-electron chi connectivity index (χ0n) is 11.2. The van der Waals surface area contributed by atoms with Gasteiger partial charge in [0.05, 0.1) is 15.4 Å². The second-order valence-corrected chi connectivity index (χ2v) is 5.30. The molecule has 8 nitrogen and oxygen atoms in total. The van der Waals surface area contributed by atoms with E-state index in [-0.39, 0.29) is 23.1 Å². The number of rotatable bonds is 5. The summed E-state index contributed by atoms with van der Waals surface area (Å²) in [6, 6.07) is 1.21. The number of hydrogen-bond acceptors (Lipinski definition) is 6. The van der Waals surface area contributed by atoms with E-state index in [1.165, 1.54) is 6.07 Å². The maximum atomic E-state index is 11.7. The van der Waals surface area contributed by atoms with Gasteiger partial charge in [-0.05, 0) is 12.8 Å². The molecule has 2 heterocycles. The first-order valence-corrected chi connectivity index (χ1v) is 6.74. The maximum absolute atomic E-state index is 11.7. The van der Waals surface area contributed by atoms with Gasteiger partial charge in [0.1, 0.15) is 12.0 Å². The number of amides is 1. The zero-order chi connectivity index (χ0) is 15.5. The van der Waals surface area contributed by atoms with Gasteiger partial charge in [0.15, 0.2) is 0 Å². The van der Waals surface area contributed by atoms with E-state index >= 15 is 0 Å². The van der Waals surface area contributed by atoms with E-state index in [1.807, 2.05) is 0 Å². The van der Waals surface area contributed by atoms with E-state index in [1.54, 1.807) is 0 Å². The summed E-state index contributed by atoms with van der Waals surface area (Å²) < 4.78 is 5.24. The van der Waals surface area contributed by atoms with Crippen molar-refractivity contribution in [3.05, 3.63) is 27.4 Å². The molecule has 0 bridgehead atoms. The molecule has 0 radical (unpaired) electrons. The second-order valence-electron chi connectivity index (χ2n) is 4.89. The van der Waals surface area contributed by atoms with Crippen molar-refractivity contribution in [1.29, 1.82) is 0 Å². The van der Waals surface area contributed by atoms with Crippen molar-refractivity contribution in [2.45, 2.75) is 12.8 Å². The quantitative estimate of drug-likeness (QED) is 0.625. The Morgan fingerprint density at radius 3 is 2.76 bits per heavy atom. The summed E-state index contributed by atoms with van der Waals surface area (Å²) in [5, 5.41) is 13.7. The number of ether oxygens (including phenoxy) is 1. The monoisotopic (exact) mass is 314 g/mol. The molecule has 2 rings (SSSR count). The van der Waals surface area contributed by atoms with Crippen molar-refractivity contribution in [3.63, 3.8) is 0 Å². The van der Waals surface area contributed by atoms with Gasteiger partial charge in [-0.15, -0.1) is 0 Å². The number of pyridine rings is 1. The highest BCUT2D eigenvalue weighted by molar-refractivity contribution is 6.33. The Balaban J connectivity index is 2.11. The highest BCUT2D eigenvalue weighted by Crippen LogP contribution is 2.32. The predicted molar refractivity (Wildman–Crippen MR) is 76.1 cm³/mol. The van der Waals surface area contributed by atoms with Crippen LogP contribution in [0.4, 0.5) is 11.5 Å². The third-order valence-corrected chi connectivity index (χ3v) is 3.89. The number of nitrogens with one attached hydrogen (secondary N) is 1. The van der Waals surface area contributed by atoms with Crippen LogP contribution in [0.1, 0.15) is 12.8 Å². The van der Waals surface area contributed by atoms with Crippen LogP contribution in [-0.4, -0.2) is 35.6 Å². The number of anilines is 1. The Kier molecular flexibility index (Phi) is 4.59. The Labute approximate surface area is 125 Å². The average molecular weight is 315 g/mol. The minimum absolute atomic E-state index is 0.121. The minimum Gasteiger partial charge on any atom is -0.381 e. The van der Waals surface area contributed by atoms with E-state index in [2.05, 4.69) is 10.3 Å². The van der Waals surface area contributed by atoms with Crippen molar-refractivity contribution < 1.29 is 14.5 Å². The van der Waals surface area contributed by atoms with E-state index < -0.39 is 16.2 Å². The molecule has 0 saturated carbocycles. The average Bonchev–Trinajstić information content (AvgIpc) is 2.46. The molecule has 1 amide bonds. The highest BCUT2D eigenvalue weighted by Gasteiger charge is 2.38. The van der Waals surface area contributed by atoms with Crippen molar-refractivity contribution in [2.75, 3.05) is 25.1 Å². The summed E-state index contributed by atoms with van der Waals surface area (Å²) in [5.74, 6) is -0.120. The van der Waals surface area contributed by atoms with Crippen LogP contribution in [0.15, 0.2) is 12.3 Å². The molecule has 21 heavy (non-hydrogen) atoms. The SMILES string of the molecule is NC(=O)C1(CNc2ncc([N+](=O)[O-])cc2Cl)CCOCC1. The fourth-order valence-electron chi connectivity index (χ4n) is 2.18. The van der Waals surface area contributed by atoms with Crippen LogP contribution in [0.5, 0.6) is 0 Å². The van der Waals surface area contributed by atoms with Gasteiger partial charge >= 0.3 is 0 Å². The number of carbonyl (C=O) groups excluding carboxylic acids is 1. The Bertz CT molecular complexity index is 560. The van der Waals surface area contributed by atoms with Gasteiger partial charge in [-0.3, -0.25) is 14.9 Å². The lowest BCUT2D eigenvalue weighted by Gasteiger charge is -2.34. The Morgan fingerprint density at radius 2 is 2.24 bits per heavy atom. The van der Waals surface area contributed by atoms with E-state index in [0.29, 0.717) is 26.1 Å². The fraction of sp³-hybridized carbons (Fsp3) is 0.500. The van der Waals surface area contributed by atoms with Crippen LogP contribution in [0.3, 0.4) is 0 Å². The Hall–Kier alpha value is -1.93. The molecule has 1 aromatic heterocycles. The molecule has 9 heteroatoms. The summed E-state index contributed by atoms with van der Waals surface area (Å²) >= 11 is 5.95. The van der Waals surface area contributed by atoms with Gasteiger partial charge in [0, 0.05) is 25.8 Å². The molecule has 1 aromatic rings. The molecule has 0 aromatic carbocycles. The molecule has 1 saturated heterocycles. The van der Waals surface area contributed by atoms with Crippen molar-refractivity contribution in [2.24, 2.45) is 11.1 Å². The van der Waals surface area contributed by atoms with Crippen molar-refractivity contribution in [1.82, 2.24) is 4.98 Å². The molecule has 0 atom stereocenters. The molecule has 1 aliphatic rings. The molecule has 1 fully saturated rings. The minimum atomic E-state index is -0.717. The van der Waals surface area contributed by atoms with Crippen molar-refractivity contribution in [3.8, 4) is 0 Å². The van der Waals surface area contributed by atoms with Crippen LogP contribution >= 0.6 is 11.6 Å². The third-order valence-electron chi connectivity index (χ3n) is 3.60. The number of primary amides is 1. The van der Waals surface area contributed by atoms with Crippen molar-refractivity contribution >= 4 is 29.0 Å². The summed E-state index contributed by atoms with van der Waals surface area (Å²) in [4.78, 5) is 25.7. The number of hydrogen-bond donors (Lipinski definition) is 2. The summed E-state index contributed by atoms with van der Waals surface area (Å²) in [7, 11) is 0. The topological polar surface area (TPSA) is 120 Å². The van der Waals surface area contributed by atoms with Crippen LogP contribution in [0, 0.1) is 15.5 Å². The third kappa shape index (κ3) is 3.40. The van der Waals surface area contributed by atoms with Crippen LogP contribution in [-0.2, 0) is 9.53 Å². The first-order valence-electron chi connectivity index (χ1n) is 6.36. The molecular weight excluding hydrogens is 300 g/mol. The maximum Gasteiger partial charge on any atom is 0.289 e. The number of nitrogens with zero attached hydrogens (tertiary/aromatic N) is 2. The van der Waals surface area contributed by atoms with E-state index in [9.17, 15) is 14.9 Å². The lowest BCUT2D eigenvalue weighted by molar-refractivity contribution is -0.385. The highest BCUT2D eigenvalue weighted by atomic mass is 35.5. The van der Waals surface area contributed by atoms with Crippen LogP contribution < -0.4 is 11.1 Å². The van der Waals surface area contributed by atoms with E-state index in [0.717, 1.165) is 6.20 Å².